The molecule has 1 fully saturated rings. The van der Waals surface area contributed by atoms with Gasteiger partial charge in [-0.25, -0.2) is 4.68 Å². The number of alkyl halides is 3. The van der Waals surface area contributed by atoms with E-state index in [4.69, 9.17) is 4.74 Å². The highest BCUT2D eigenvalue weighted by Gasteiger charge is 2.31. The fourth-order valence-electron chi connectivity index (χ4n) is 4.09. The SMILES string of the molecule is COc1ccc(N2CCCN(C(=O)c3nn(-c4cccc(C(F)(F)F)c4)c(C)cc3=O)CC2)cc1. The van der Waals surface area contributed by atoms with Gasteiger partial charge in [0.2, 0.25) is 5.43 Å². The standard InChI is InChI=1S/C25H25F3N4O3/c1-17-15-22(33)23(29-32(17)20-6-3-5-18(16-20)25(26,27)28)24(34)31-12-4-11-30(13-14-31)19-7-9-21(35-2)10-8-19/h3,5-10,15-16H,4,11-14H2,1-2H3. The van der Waals surface area contributed by atoms with Gasteiger partial charge in [0.1, 0.15) is 5.75 Å². The van der Waals surface area contributed by atoms with E-state index in [1.54, 1.807) is 18.9 Å². The van der Waals surface area contributed by atoms with Crippen molar-refractivity contribution in [1.29, 1.82) is 0 Å². The van der Waals surface area contributed by atoms with Gasteiger partial charge in [0.25, 0.3) is 5.91 Å². The van der Waals surface area contributed by atoms with Gasteiger partial charge in [-0.05, 0) is 55.8 Å². The Kier molecular flexibility index (Phi) is 6.81. The van der Waals surface area contributed by atoms with Gasteiger partial charge in [-0.1, -0.05) is 6.07 Å². The third-order valence-corrected chi connectivity index (χ3v) is 5.95. The molecule has 0 unspecified atom stereocenters. The summed E-state index contributed by atoms with van der Waals surface area (Å²) >= 11 is 0. The normalized spacial score (nSPS) is 14.5. The molecule has 1 amide bonds. The van der Waals surface area contributed by atoms with E-state index in [2.05, 4.69) is 10.00 Å². The quantitative estimate of drug-likeness (QED) is 0.559. The van der Waals surface area contributed by atoms with Crippen LogP contribution in [0.25, 0.3) is 5.69 Å². The van der Waals surface area contributed by atoms with Crippen molar-refractivity contribution in [3.8, 4) is 11.4 Å². The van der Waals surface area contributed by atoms with Gasteiger partial charge in [0, 0.05) is 43.6 Å². The minimum absolute atomic E-state index is 0.118. The molecule has 0 bridgehead atoms. The van der Waals surface area contributed by atoms with Crippen molar-refractivity contribution in [3.63, 3.8) is 0 Å². The molecule has 0 saturated carbocycles. The average Bonchev–Trinajstić information content (AvgIpc) is 3.10. The lowest BCUT2D eigenvalue weighted by molar-refractivity contribution is -0.137. The Balaban J connectivity index is 1.57. The first kappa shape index (κ1) is 24.3. The van der Waals surface area contributed by atoms with E-state index in [1.165, 1.54) is 22.9 Å². The van der Waals surface area contributed by atoms with Crippen molar-refractivity contribution in [2.45, 2.75) is 19.5 Å². The van der Waals surface area contributed by atoms with Crippen LogP contribution in [0.3, 0.4) is 0 Å². The van der Waals surface area contributed by atoms with Crippen LogP contribution in [0.5, 0.6) is 5.75 Å². The monoisotopic (exact) mass is 486 g/mol. The van der Waals surface area contributed by atoms with E-state index in [0.29, 0.717) is 31.7 Å². The summed E-state index contributed by atoms with van der Waals surface area (Å²) in [6.45, 7) is 3.66. The van der Waals surface area contributed by atoms with Crippen LogP contribution in [0, 0.1) is 6.92 Å². The van der Waals surface area contributed by atoms with E-state index in [-0.39, 0.29) is 11.4 Å². The number of methoxy groups -OCH3 is 1. The summed E-state index contributed by atoms with van der Waals surface area (Å²) in [6, 6.07) is 13.5. The van der Waals surface area contributed by atoms with E-state index < -0.39 is 23.1 Å². The molecule has 1 aromatic heterocycles. The van der Waals surface area contributed by atoms with Crippen molar-refractivity contribution < 1.29 is 22.7 Å². The Labute approximate surface area is 200 Å². The molecule has 0 aliphatic carbocycles. The van der Waals surface area contributed by atoms with Crippen molar-refractivity contribution in [2.24, 2.45) is 0 Å². The van der Waals surface area contributed by atoms with Gasteiger partial charge in [-0.3, -0.25) is 9.59 Å². The summed E-state index contributed by atoms with van der Waals surface area (Å²) in [5.74, 6) is 0.218. The third-order valence-electron chi connectivity index (χ3n) is 5.95. The van der Waals surface area contributed by atoms with Crippen LogP contribution in [0.2, 0.25) is 0 Å². The molecular weight excluding hydrogens is 461 g/mol. The molecule has 0 N–H and O–H groups in total. The topological polar surface area (TPSA) is 67.7 Å². The average molecular weight is 486 g/mol. The van der Waals surface area contributed by atoms with Crippen LogP contribution in [0.1, 0.15) is 28.2 Å². The summed E-state index contributed by atoms with van der Waals surface area (Å²) in [4.78, 5) is 29.6. The molecule has 1 saturated heterocycles. The largest absolute Gasteiger partial charge is 0.497 e. The molecule has 2 heterocycles. The van der Waals surface area contributed by atoms with Crippen LogP contribution in [-0.2, 0) is 6.18 Å². The fourth-order valence-corrected chi connectivity index (χ4v) is 4.09. The predicted octanol–water partition coefficient (Wildman–Crippen LogP) is 3.92. The molecule has 0 spiro atoms. The summed E-state index contributed by atoms with van der Waals surface area (Å²) in [5, 5.41) is 4.19. The Morgan fingerprint density at radius 1 is 0.971 bits per heavy atom. The number of halogens is 3. The first-order chi connectivity index (χ1) is 16.7. The Bertz CT molecular complexity index is 1270. The van der Waals surface area contributed by atoms with E-state index in [0.717, 1.165) is 30.1 Å². The molecule has 2 aromatic carbocycles. The molecule has 10 heteroatoms. The summed E-state index contributed by atoms with van der Waals surface area (Å²) < 4.78 is 45.9. The highest BCUT2D eigenvalue weighted by molar-refractivity contribution is 5.92. The molecule has 184 valence electrons. The fraction of sp³-hybridized carbons (Fsp3) is 0.320. The Hall–Kier alpha value is -3.82. The molecule has 1 aliphatic heterocycles. The molecule has 7 nitrogen and oxygen atoms in total. The van der Waals surface area contributed by atoms with Crippen LogP contribution in [-0.4, -0.2) is 53.9 Å². The van der Waals surface area contributed by atoms with Gasteiger partial charge < -0.3 is 14.5 Å². The van der Waals surface area contributed by atoms with E-state index >= 15 is 0 Å². The lowest BCUT2D eigenvalue weighted by Crippen LogP contribution is -2.39. The van der Waals surface area contributed by atoms with E-state index in [9.17, 15) is 22.8 Å². The molecule has 3 aromatic rings. The second kappa shape index (κ2) is 9.81. The van der Waals surface area contributed by atoms with Gasteiger partial charge in [-0.2, -0.15) is 18.3 Å². The van der Waals surface area contributed by atoms with Crippen molar-refractivity contribution in [1.82, 2.24) is 14.7 Å². The van der Waals surface area contributed by atoms with Crippen molar-refractivity contribution in [2.75, 3.05) is 38.2 Å². The predicted molar refractivity (Wildman–Crippen MR) is 125 cm³/mol. The minimum Gasteiger partial charge on any atom is -0.497 e. The van der Waals surface area contributed by atoms with E-state index in [1.807, 2.05) is 24.3 Å². The maximum absolute atomic E-state index is 13.3. The third kappa shape index (κ3) is 5.31. The number of aromatic nitrogens is 2. The number of benzene rings is 2. The van der Waals surface area contributed by atoms with Crippen LogP contribution >= 0.6 is 0 Å². The number of hydrogen-bond acceptors (Lipinski definition) is 5. The lowest BCUT2D eigenvalue weighted by atomic mass is 10.2. The number of aryl methyl sites for hydroxylation is 1. The molecule has 4 rings (SSSR count). The zero-order valence-electron chi connectivity index (χ0n) is 19.4. The smallest absolute Gasteiger partial charge is 0.416 e. The molecule has 0 radical (unpaired) electrons. The zero-order valence-corrected chi connectivity index (χ0v) is 19.4. The van der Waals surface area contributed by atoms with Crippen LogP contribution < -0.4 is 15.1 Å². The maximum Gasteiger partial charge on any atom is 0.416 e. The van der Waals surface area contributed by atoms with Gasteiger partial charge in [0.05, 0.1) is 18.4 Å². The summed E-state index contributed by atoms with van der Waals surface area (Å²) in [7, 11) is 1.60. The Morgan fingerprint density at radius 2 is 1.71 bits per heavy atom. The number of ether oxygens (including phenoxy) is 1. The highest BCUT2D eigenvalue weighted by Crippen LogP contribution is 2.30. The first-order valence-electron chi connectivity index (χ1n) is 11.1. The number of amides is 1. The first-order valence-corrected chi connectivity index (χ1v) is 11.1. The summed E-state index contributed by atoms with van der Waals surface area (Å²) in [6.07, 6.45) is -3.84. The second-order valence-electron chi connectivity index (χ2n) is 8.29. The maximum atomic E-state index is 13.3. The number of carbonyl (C=O) groups excluding carboxylic acids is 1. The highest BCUT2D eigenvalue weighted by atomic mass is 19.4. The van der Waals surface area contributed by atoms with Gasteiger partial charge in [-0.15, -0.1) is 0 Å². The number of anilines is 1. The van der Waals surface area contributed by atoms with Gasteiger partial charge >= 0.3 is 6.18 Å². The van der Waals surface area contributed by atoms with Gasteiger partial charge in [0.15, 0.2) is 5.69 Å². The molecular formula is C25H25F3N4O3. The Morgan fingerprint density at radius 3 is 2.40 bits per heavy atom. The molecule has 1 aliphatic rings. The minimum atomic E-state index is -4.52. The van der Waals surface area contributed by atoms with Crippen molar-refractivity contribution >= 4 is 11.6 Å². The number of nitrogens with zero attached hydrogens (tertiary/aromatic N) is 4. The number of rotatable bonds is 4. The zero-order chi connectivity index (χ0) is 25.2. The number of hydrogen-bond donors (Lipinski definition) is 0. The van der Waals surface area contributed by atoms with Crippen LogP contribution in [0.4, 0.5) is 18.9 Å². The second-order valence-corrected chi connectivity index (χ2v) is 8.29. The molecule has 0 atom stereocenters. The number of carbonyl (C=O) groups is 1. The van der Waals surface area contributed by atoms with Crippen LogP contribution in [0.15, 0.2) is 59.4 Å². The lowest BCUT2D eigenvalue weighted by Gasteiger charge is -2.24. The summed E-state index contributed by atoms with van der Waals surface area (Å²) in [5.41, 5.74) is -0.271. The molecule has 35 heavy (non-hydrogen) atoms. The van der Waals surface area contributed by atoms with Crippen molar-refractivity contribution in [3.05, 3.63) is 81.8 Å².